The van der Waals surface area contributed by atoms with E-state index in [1.54, 1.807) is 0 Å². The van der Waals surface area contributed by atoms with Crippen molar-refractivity contribution in [2.75, 3.05) is 5.75 Å². The number of thioether (sulfide) groups is 1. The average Bonchev–Trinajstić information content (AvgIpc) is 2.37. The summed E-state index contributed by atoms with van der Waals surface area (Å²) in [4.78, 5) is 12.1. The lowest BCUT2D eigenvalue weighted by Crippen LogP contribution is -2.10. The average molecular weight is 236 g/mol. The second-order valence-corrected chi connectivity index (χ2v) is 5.55. The lowest BCUT2D eigenvalue weighted by molar-refractivity contribution is -0.138. The van der Waals surface area contributed by atoms with Crippen LogP contribution in [-0.4, -0.2) is 16.8 Å². The summed E-state index contributed by atoms with van der Waals surface area (Å²) in [6.07, 6.45) is 2.22. The Balaban J connectivity index is 2.19. The van der Waals surface area contributed by atoms with Gasteiger partial charge in [0.15, 0.2) is 0 Å². The van der Waals surface area contributed by atoms with Gasteiger partial charge in [0.05, 0.1) is 0 Å². The monoisotopic (exact) mass is 236 g/mol. The number of rotatable bonds is 2. The molecule has 0 aliphatic carbocycles. The zero-order chi connectivity index (χ0) is 11.5. The Morgan fingerprint density at radius 3 is 3.12 bits per heavy atom. The van der Waals surface area contributed by atoms with Gasteiger partial charge in [0, 0.05) is 11.3 Å². The van der Waals surface area contributed by atoms with Crippen LogP contribution in [0.3, 0.4) is 0 Å². The largest absolute Gasteiger partial charge is 0.481 e. The molecule has 0 aromatic heterocycles. The van der Waals surface area contributed by atoms with E-state index in [1.165, 1.54) is 16.0 Å². The molecule has 2 rings (SSSR count). The van der Waals surface area contributed by atoms with Gasteiger partial charge in [-0.1, -0.05) is 17.7 Å². The first-order valence-corrected chi connectivity index (χ1v) is 6.58. The van der Waals surface area contributed by atoms with E-state index < -0.39 is 5.97 Å². The van der Waals surface area contributed by atoms with Crippen LogP contribution < -0.4 is 0 Å². The zero-order valence-electron chi connectivity index (χ0n) is 9.40. The minimum absolute atomic E-state index is 0.299. The van der Waals surface area contributed by atoms with Crippen molar-refractivity contribution in [3.05, 3.63) is 29.3 Å². The van der Waals surface area contributed by atoms with E-state index in [-0.39, 0.29) is 0 Å². The number of carboxylic acid groups (broad SMARTS) is 1. The second kappa shape index (κ2) is 4.91. The third-order valence-corrected chi connectivity index (χ3v) is 4.12. The maximum atomic E-state index is 10.8. The van der Waals surface area contributed by atoms with Gasteiger partial charge in [-0.05, 0) is 43.1 Å². The number of benzene rings is 1. The molecule has 1 N–H and O–H groups in total. The molecule has 0 spiro atoms. The molecule has 1 aromatic rings. The summed E-state index contributed by atoms with van der Waals surface area (Å²) >= 11 is 1.86. The van der Waals surface area contributed by atoms with Crippen LogP contribution in [0, 0.1) is 12.8 Å². The van der Waals surface area contributed by atoms with Crippen molar-refractivity contribution >= 4 is 17.7 Å². The van der Waals surface area contributed by atoms with Crippen molar-refractivity contribution in [3.63, 3.8) is 0 Å². The van der Waals surface area contributed by atoms with E-state index >= 15 is 0 Å². The van der Waals surface area contributed by atoms with Gasteiger partial charge in [0.1, 0.15) is 0 Å². The van der Waals surface area contributed by atoms with Crippen molar-refractivity contribution < 1.29 is 9.90 Å². The molecule has 1 atom stereocenters. The lowest BCUT2D eigenvalue weighted by Gasteiger charge is -2.11. The fourth-order valence-electron chi connectivity index (χ4n) is 2.18. The number of carboxylic acids is 1. The number of carbonyl (C=O) groups is 1. The van der Waals surface area contributed by atoms with E-state index in [4.69, 9.17) is 5.11 Å². The number of fused-ring (bicyclic) bond motifs is 1. The summed E-state index contributed by atoms with van der Waals surface area (Å²) in [6, 6.07) is 6.49. The van der Waals surface area contributed by atoms with Crippen molar-refractivity contribution in [1.82, 2.24) is 0 Å². The molecule has 0 amide bonds. The minimum Gasteiger partial charge on any atom is -0.481 e. The summed E-state index contributed by atoms with van der Waals surface area (Å²) in [6.45, 7) is 2.09. The van der Waals surface area contributed by atoms with Crippen LogP contribution in [0.1, 0.15) is 24.0 Å². The van der Waals surface area contributed by atoms with Crippen molar-refractivity contribution in [2.45, 2.75) is 31.1 Å². The molecule has 2 nitrogen and oxygen atoms in total. The van der Waals surface area contributed by atoms with E-state index in [1.807, 2.05) is 11.8 Å². The molecule has 1 unspecified atom stereocenters. The molecular weight excluding hydrogens is 220 g/mol. The molecule has 0 fully saturated rings. The summed E-state index contributed by atoms with van der Waals surface area (Å²) in [5.41, 5.74) is 2.59. The Bertz CT molecular complexity index is 401. The third-order valence-electron chi connectivity index (χ3n) is 2.97. The lowest BCUT2D eigenvalue weighted by atomic mass is 9.93. The SMILES string of the molecule is Cc1ccc2c(c1)CC(CC(=O)O)CCS2. The van der Waals surface area contributed by atoms with Gasteiger partial charge in [-0.3, -0.25) is 4.79 Å². The number of aliphatic carboxylic acids is 1. The molecule has 86 valence electrons. The van der Waals surface area contributed by atoms with E-state index in [9.17, 15) is 4.79 Å². The summed E-state index contributed by atoms with van der Waals surface area (Å²) in [5, 5.41) is 8.85. The number of aryl methyl sites for hydroxylation is 1. The standard InChI is InChI=1S/C13H16O2S/c1-9-2-3-12-11(6-9)7-10(4-5-16-12)8-13(14)15/h2-3,6,10H,4-5,7-8H2,1H3,(H,14,15). The first kappa shape index (κ1) is 11.5. The normalized spacial score (nSPS) is 19.9. The highest BCUT2D eigenvalue weighted by Crippen LogP contribution is 2.33. The summed E-state index contributed by atoms with van der Waals surface area (Å²) in [5.74, 6) is 0.660. The predicted molar refractivity (Wildman–Crippen MR) is 66.0 cm³/mol. The first-order valence-electron chi connectivity index (χ1n) is 5.59. The van der Waals surface area contributed by atoms with E-state index in [0.717, 1.165) is 18.6 Å². The highest BCUT2D eigenvalue weighted by molar-refractivity contribution is 7.99. The number of hydrogen-bond acceptors (Lipinski definition) is 2. The Kier molecular flexibility index (Phi) is 3.54. The Morgan fingerprint density at radius 2 is 2.38 bits per heavy atom. The van der Waals surface area contributed by atoms with Crippen LogP contribution in [-0.2, 0) is 11.2 Å². The maximum Gasteiger partial charge on any atom is 0.303 e. The van der Waals surface area contributed by atoms with Gasteiger partial charge >= 0.3 is 5.97 Å². The molecule has 1 aromatic carbocycles. The Labute approximate surface area is 100 Å². The van der Waals surface area contributed by atoms with Crippen LogP contribution in [0.25, 0.3) is 0 Å². The molecule has 3 heteroatoms. The highest BCUT2D eigenvalue weighted by Gasteiger charge is 2.19. The maximum absolute atomic E-state index is 10.8. The van der Waals surface area contributed by atoms with Gasteiger partial charge in [-0.25, -0.2) is 0 Å². The Morgan fingerprint density at radius 1 is 1.56 bits per heavy atom. The van der Waals surface area contributed by atoms with Crippen LogP contribution in [0.5, 0.6) is 0 Å². The van der Waals surface area contributed by atoms with Gasteiger partial charge < -0.3 is 5.11 Å². The fraction of sp³-hybridized carbons (Fsp3) is 0.462. The molecule has 0 saturated heterocycles. The van der Waals surface area contributed by atoms with E-state index in [2.05, 4.69) is 25.1 Å². The van der Waals surface area contributed by atoms with Gasteiger partial charge in [0.25, 0.3) is 0 Å². The highest BCUT2D eigenvalue weighted by atomic mass is 32.2. The van der Waals surface area contributed by atoms with Crippen LogP contribution in [0.4, 0.5) is 0 Å². The third kappa shape index (κ3) is 2.79. The van der Waals surface area contributed by atoms with Crippen molar-refractivity contribution in [2.24, 2.45) is 5.92 Å². The van der Waals surface area contributed by atoms with Gasteiger partial charge in [-0.15, -0.1) is 11.8 Å². The van der Waals surface area contributed by atoms with Gasteiger partial charge in [-0.2, -0.15) is 0 Å². The first-order chi connectivity index (χ1) is 7.65. The van der Waals surface area contributed by atoms with Crippen molar-refractivity contribution in [1.29, 1.82) is 0 Å². The number of hydrogen-bond donors (Lipinski definition) is 1. The fourth-order valence-corrected chi connectivity index (χ4v) is 3.34. The minimum atomic E-state index is -0.675. The molecule has 1 aliphatic heterocycles. The predicted octanol–water partition coefficient (Wildman–Crippen LogP) is 3.12. The molecule has 1 aliphatic rings. The molecule has 0 radical (unpaired) electrons. The molecule has 0 bridgehead atoms. The molecule has 1 heterocycles. The van der Waals surface area contributed by atoms with E-state index in [0.29, 0.717) is 12.3 Å². The quantitative estimate of drug-likeness (QED) is 0.857. The smallest absolute Gasteiger partial charge is 0.303 e. The molecule has 0 saturated carbocycles. The summed E-state index contributed by atoms with van der Waals surface area (Å²) in [7, 11) is 0. The van der Waals surface area contributed by atoms with Crippen LogP contribution in [0.15, 0.2) is 23.1 Å². The second-order valence-electron chi connectivity index (χ2n) is 4.42. The zero-order valence-corrected chi connectivity index (χ0v) is 10.2. The summed E-state index contributed by atoms with van der Waals surface area (Å²) < 4.78 is 0. The van der Waals surface area contributed by atoms with Crippen LogP contribution >= 0.6 is 11.8 Å². The van der Waals surface area contributed by atoms with Crippen LogP contribution in [0.2, 0.25) is 0 Å². The molecular formula is C13H16O2S. The topological polar surface area (TPSA) is 37.3 Å². The molecule has 16 heavy (non-hydrogen) atoms. The van der Waals surface area contributed by atoms with Crippen molar-refractivity contribution in [3.8, 4) is 0 Å². The van der Waals surface area contributed by atoms with Gasteiger partial charge in [0.2, 0.25) is 0 Å². The Hall–Kier alpha value is -0.960.